The Kier molecular flexibility index (Phi) is 11.0. The molecule has 0 aliphatic heterocycles. The van der Waals surface area contributed by atoms with Crippen molar-refractivity contribution in [3.05, 3.63) is 0 Å². The van der Waals surface area contributed by atoms with Crippen LogP contribution in [-0.4, -0.2) is 10.7 Å². The maximum Gasteiger partial charge on any atom is 0.0617 e. The molecular weight excluding hydrogens is 208 g/mol. The Morgan fingerprint density at radius 2 is 1.12 bits per heavy atom. The van der Waals surface area contributed by atoms with Gasteiger partial charge in [0.25, 0.3) is 0 Å². The highest BCUT2D eigenvalue weighted by atomic mass is 16.3. The zero-order valence-corrected chi connectivity index (χ0v) is 12.4. The SMILES string of the molecule is CCCCCCCCCCCCC(C)(O)CC. The Hall–Kier alpha value is -0.0400. The van der Waals surface area contributed by atoms with E-state index in [0.717, 1.165) is 12.8 Å². The van der Waals surface area contributed by atoms with Gasteiger partial charge in [0.2, 0.25) is 0 Å². The summed E-state index contributed by atoms with van der Waals surface area (Å²) in [6, 6.07) is 0. The van der Waals surface area contributed by atoms with Gasteiger partial charge >= 0.3 is 0 Å². The molecule has 0 fully saturated rings. The number of aliphatic hydroxyl groups is 1. The van der Waals surface area contributed by atoms with Crippen LogP contribution in [0.4, 0.5) is 0 Å². The first-order valence-corrected chi connectivity index (χ1v) is 7.84. The molecule has 0 saturated heterocycles. The number of hydrogen-bond acceptors (Lipinski definition) is 1. The molecule has 0 aliphatic carbocycles. The van der Waals surface area contributed by atoms with E-state index in [0.29, 0.717) is 0 Å². The molecule has 0 aromatic rings. The molecule has 1 heteroatoms. The second kappa shape index (κ2) is 11.1. The van der Waals surface area contributed by atoms with Crippen molar-refractivity contribution in [2.45, 2.75) is 103 Å². The molecule has 0 bridgehead atoms. The van der Waals surface area contributed by atoms with Gasteiger partial charge in [-0.15, -0.1) is 0 Å². The van der Waals surface area contributed by atoms with Gasteiger partial charge in [-0.05, 0) is 19.8 Å². The molecule has 0 rings (SSSR count). The van der Waals surface area contributed by atoms with Gasteiger partial charge in [0, 0.05) is 0 Å². The molecule has 0 amide bonds. The molecule has 0 aromatic carbocycles. The first kappa shape index (κ1) is 17.0. The summed E-state index contributed by atoms with van der Waals surface area (Å²) in [6.45, 7) is 6.29. The van der Waals surface area contributed by atoms with Gasteiger partial charge < -0.3 is 5.11 Å². The van der Waals surface area contributed by atoms with Crippen molar-refractivity contribution in [2.24, 2.45) is 0 Å². The van der Waals surface area contributed by atoms with Gasteiger partial charge in [0.05, 0.1) is 5.60 Å². The van der Waals surface area contributed by atoms with Crippen LogP contribution in [0.15, 0.2) is 0 Å². The van der Waals surface area contributed by atoms with Gasteiger partial charge in [-0.1, -0.05) is 78.1 Å². The lowest BCUT2D eigenvalue weighted by molar-refractivity contribution is 0.0442. The topological polar surface area (TPSA) is 20.2 Å². The van der Waals surface area contributed by atoms with Gasteiger partial charge in [-0.3, -0.25) is 0 Å². The van der Waals surface area contributed by atoms with Crippen molar-refractivity contribution in [1.82, 2.24) is 0 Å². The van der Waals surface area contributed by atoms with Crippen molar-refractivity contribution in [3.8, 4) is 0 Å². The van der Waals surface area contributed by atoms with Crippen LogP contribution in [0.2, 0.25) is 0 Å². The minimum Gasteiger partial charge on any atom is -0.390 e. The van der Waals surface area contributed by atoms with Crippen molar-refractivity contribution >= 4 is 0 Å². The summed E-state index contributed by atoms with van der Waals surface area (Å²) >= 11 is 0. The molecule has 17 heavy (non-hydrogen) atoms. The quantitative estimate of drug-likeness (QED) is 0.451. The predicted molar refractivity (Wildman–Crippen MR) is 77.4 cm³/mol. The molecule has 0 saturated carbocycles. The minimum atomic E-state index is -0.417. The van der Waals surface area contributed by atoms with Crippen LogP contribution >= 0.6 is 0 Å². The lowest BCUT2D eigenvalue weighted by Gasteiger charge is -2.20. The zero-order valence-electron chi connectivity index (χ0n) is 12.4. The highest BCUT2D eigenvalue weighted by Gasteiger charge is 2.15. The lowest BCUT2D eigenvalue weighted by atomic mass is 9.95. The third-order valence-electron chi connectivity index (χ3n) is 3.83. The zero-order chi connectivity index (χ0) is 13.0. The standard InChI is InChI=1S/C16H34O/c1-4-6-7-8-9-10-11-12-13-14-15-16(3,17)5-2/h17H,4-15H2,1-3H3. The fourth-order valence-corrected chi connectivity index (χ4v) is 2.17. The number of rotatable bonds is 12. The third kappa shape index (κ3) is 12.2. The van der Waals surface area contributed by atoms with Crippen molar-refractivity contribution in [2.75, 3.05) is 0 Å². The first-order chi connectivity index (χ1) is 8.12. The third-order valence-corrected chi connectivity index (χ3v) is 3.83. The summed E-state index contributed by atoms with van der Waals surface area (Å²) in [4.78, 5) is 0. The summed E-state index contributed by atoms with van der Waals surface area (Å²) in [5.41, 5.74) is -0.417. The van der Waals surface area contributed by atoms with Crippen LogP contribution < -0.4 is 0 Å². The summed E-state index contributed by atoms with van der Waals surface area (Å²) in [6.07, 6.45) is 15.5. The molecule has 1 N–H and O–H groups in total. The molecule has 1 atom stereocenters. The van der Waals surface area contributed by atoms with Crippen LogP contribution in [0.3, 0.4) is 0 Å². The molecule has 1 unspecified atom stereocenters. The van der Waals surface area contributed by atoms with E-state index in [9.17, 15) is 5.11 Å². The van der Waals surface area contributed by atoms with Crippen LogP contribution in [0, 0.1) is 0 Å². The number of unbranched alkanes of at least 4 members (excludes halogenated alkanes) is 9. The normalized spacial score (nSPS) is 14.8. The number of hydrogen-bond donors (Lipinski definition) is 1. The second-order valence-electron chi connectivity index (χ2n) is 5.78. The maximum atomic E-state index is 9.85. The van der Waals surface area contributed by atoms with Gasteiger partial charge in [0.1, 0.15) is 0 Å². The molecule has 0 spiro atoms. The largest absolute Gasteiger partial charge is 0.390 e. The Bertz CT molecular complexity index is 152. The highest BCUT2D eigenvalue weighted by Crippen LogP contribution is 2.19. The van der Waals surface area contributed by atoms with Crippen molar-refractivity contribution in [3.63, 3.8) is 0 Å². The summed E-state index contributed by atoms with van der Waals surface area (Å²) in [5.74, 6) is 0. The van der Waals surface area contributed by atoms with Gasteiger partial charge in [-0.25, -0.2) is 0 Å². The van der Waals surface area contributed by atoms with Crippen LogP contribution in [0.25, 0.3) is 0 Å². The lowest BCUT2D eigenvalue weighted by Crippen LogP contribution is -2.22. The summed E-state index contributed by atoms with van der Waals surface area (Å²) in [7, 11) is 0. The first-order valence-electron chi connectivity index (χ1n) is 7.84. The molecule has 0 radical (unpaired) electrons. The van der Waals surface area contributed by atoms with E-state index in [1.165, 1.54) is 64.2 Å². The minimum absolute atomic E-state index is 0.417. The van der Waals surface area contributed by atoms with E-state index < -0.39 is 5.60 Å². The average molecular weight is 242 g/mol. The van der Waals surface area contributed by atoms with E-state index in [-0.39, 0.29) is 0 Å². The van der Waals surface area contributed by atoms with Crippen LogP contribution in [0.1, 0.15) is 97.8 Å². The van der Waals surface area contributed by atoms with Crippen molar-refractivity contribution in [1.29, 1.82) is 0 Å². The molecule has 0 aromatic heterocycles. The molecule has 104 valence electrons. The second-order valence-corrected chi connectivity index (χ2v) is 5.78. The smallest absolute Gasteiger partial charge is 0.0617 e. The Morgan fingerprint density at radius 1 is 0.706 bits per heavy atom. The Balaban J connectivity index is 3.09. The van der Waals surface area contributed by atoms with E-state index in [1.54, 1.807) is 0 Å². The van der Waals surface area contributed by atoms with Crippen LogP contribution in [0.5, 0.6) is 0 Å². The molecule has 1 nitrogen and oxygen atoms in total. The maximum absolute atomic E-state index is 9.85. The molecule has 0 aliphatic rings. The summed E-state index contributed by atoms with van der Waals surface area (Å²) in [5, 5.41) is 9.85. The molecular formula is C16H34O. The Labute approximate surface area is 109 Å². The van der Waals surface area contributed by atoms with E-state index in [1.807, 2.05) is 6.92 Å². The summed E-state index contributed by atoms with van der Waals surface area (Å²) < 4.78 is 0. The van der Waals surface area contributed by atoms with E-state index >= 15 is 0 Å². The fourth-order valence-electron chi connectivity index (χ4n) is 2.17. The van der Waals surface area contributed by atoms with E-state index in [4.69, 9.17) is 0 Å². The predicted octanol–water partition coefficient (Wildman–Crippen LogP) is 5.46. The highest BCUT2D eigenvalue weighted by molar-refractivity contribution is 4.69. The van der Waals surface area contributed by atoms with Crippen LogP contribution in [-0.2, 0) is 0 Å². The monoisotopic (exact) mass is 242 g/mol. The Morgan fingerprint density at radius 3 is 1.53 bits per heavy atom. The fraction of sp³-hybridized carbons (Fsp3) is 1.00. The average Bonchev–Trinajstić information content (AvgIpc) is 2.31. The van der Waals surface area contributed by atoms with E-state index in [2.05, 4.69) is 13.8 Å². The van der Waals surface area contributed by atoms with Gasteiger partial charge in [0.15, 0.2) is 0 Å². The van der Waals surface area contributed by atoms with Gasteiger partial charge in [-0.2, -0.15) is 0 Å². The van der Waals surface area contributed by atoms with Crippen molar-refractivity contribution < 1.29 is 5.11 Å². The molecule has 0 heterocycles.